The number of aryl methyl sites for hydroxylation is 1. The van der Waals surface area contributed by atoms with E-state index in [0.29, 0.717) is 10.9 Å². The molecule has 1 fully saturated rings. The summed E-state index contributed by atoms with van der Waals surface area (Å²) in [5.41, 5.74) is 14.4. The minimum atomic E-state index is -1.34. The van der Waals surface area contributed by atoms with Crippen LogP contribution in [0.2, 0.25) is 0 Å². The molecule has 0 amide bonds. The molecule has 2 heterocycles. The van der Waals surface area contributed by atoms with E-state index in [1.807, 2.05) is 0 Å². The van der Waals surface area contributed by atoms with E-state index < -0.39 is 17.0 Å². The Hall–Kier alpha value is -2.83. The highest BCUT2D eigenvalue weighted by Crippen LogP contribution is 2.14. The topological polar surface area (TPSA) is 186 Å². The molecule has 3 rings (SSSR count). The number of pyridine rings is 1. The molecule has 0 spiro atoms. The number of guanidine groups is 2. The molecule has 190 valence electrons. The lowest BCUT2D eigenvalue weighted by molar-refractivity contribution is 0.251. The van der Waals surface area contributed by atoms with Gasteiger partial charge in [0.05, 0.1) is 17.1 Å². The largest absolute Gasteiger partial charge is 0.612 e. The SMILES string of the molecule is Cn1cc([S+](C)[O-])c(=O)c2ccc(F)cc21.N=C(N)N.N=C(N)NCCN1CCCCCCC1. The van der Waals surface area contributed by atoms with Crippen molar-refractivity contribution in [3.8, 4) is 0 Å². The first-order valence-electron chi connectivity index (χ1n) is 11.0. The summed E-state index contributed by atoms with van der Waals surface area (Å²) < 4.78 is 26.0. The fourth-order valence-corrected chi connectivity index (χ4v) is 4.19. The fraction of sp³-hybridized carbons (Fsp3) is 0.500. The first-order chi connectivity index (χ1) is 16.0. The average Bonchev–Trinajstić information content (AvgIpc) is 2.71. The zero-order chi connectivity index (χ0) is 25.7. The molecule has 1 unspecified atom stereocenters. The van der Waals surface area contributed by atoms with Crippen molar-refractivity contribution in [3.63, 3.8) is 0 Å². The molecule has 0 saturated carbocycles. The standard InChI is InChI=1S/C11H10FNO2S.C10H22N4.CH5N3/c1-13-6-10(16(2)15)11(14)8-4-3-7(12)5-9(8)13;11-10(12)13-6-9-14-7-4-2-1-3-5-8-14;2-1(3)4/h3-6H,1-2H3;1-9H2,(H4,11,12,13);(H5,2,3,4). The van der Waals surface area contributed by atoms with Gasteiger partial charge in [-0.15, -0.1) is 0 Å². The van der Waals surface area contributed by atoms with Crippen LogP contribution in [0, 0.1) is 16.6 Å². The number of hydrogen-bond donors (Lipinski definition) is 6. The summed E-state index contributed by atoms with van der Waals surface area (Å²) >= 11 is -1.34. The first kappa shape index (κ1) is 29.2. The minimum Gasteiger partial charge on any atom is -0.612 e. The van der Waals surface area contributed by atoms with Gasteiger partial charge in [0.1, 0.15) is 12.1 Å². The van der Waals surface area contributed by atoms with Gasteiger partial charge in [-0.3, -0.25) is 15.6 Å². The summed E-state index contributed by atoms with van der Waals surface area (Å²) in [7, 11) is 1.69. The van der Waals surface area contributed by atoms with E-state index in [9.17, 15) is 13.7 Å². The maximum absolute atomic E-state index is 13.0. The van der Waals surface area contributed by atoms with Crippen LogP contribution in [0.4, 0.5) is 4.39 Å². The van der Waals surface area contributed by atoms with Crippen molar-refractivity contribution in [1.82, 2.24) is 14.8 Å². The van der Waals surface area contributed by atoms with E-state index in [-0.39, 0.29) is 22.2 Å². The van der Waals surface area contributed by atoms with Crippen molar-refractivity contribution >= 4 is 34.0 Å². The first-order valence-corrected chi connectivity index (χ1v) is 12.6. The van der Waals surface area contributed by atoms with Crippen LogP contribution >= 0.6 is 0 Å². The maximum atomic E-state index is 13.0. The predicted molar refractivity (Wildman–Crippen MR) is 137 cm³/mol. The molecular weight excluding hydrogens is 459 g/mol. The highest BCUT2D eigenvalue weighted by atomic mass is 32.2. The predicted octanol–water partition coefficient (Wildman–Crippen LogP) is 0.989. The molecule has 1 saturated heterocycles. The molecule has 10 nitrogen and oxygen atoms in total. The third-order valence-corrected chi connectivity index (χ3v) is 6.03. The van der Waals surface area contributed by atoms with Crippen LogP contribution in [0.25, 0.3) is 10.9 Å². The van der Waals surface area contributed by atoms with Crippen molar-refractivity contribution in [1.29, 1.82) is 10.8 Å². The highest BCUT2D eigenvalue weighted by Gasteiger charge is 2.15. The second kappa shape index (κ2) is 15.1. The van der Waals surface area contributed by atoms with Crippen LogP contribution in [-0.4, -0.2) is 58.4 Å². The van der Waals surface area contributed by atoms with Gasteiger partial charge in [0.25, 0.3) is 0 Å². The van der Waals surface area contributed by atoms with Crippen molar-refractivity contribution < 1.29 is 8.94 Å². The lowest BCUT2D eigenvalue weighted by atomic mass is 10.1. The monoisotopic (exact) mass is 496 g/mol. The Kier molecular flexibility index (Phi) is 13.0. The molecule has 0 radical (unpaired) electrons. The van der Waals surface area contributed by atoms with Crippen LogP contribution in [0.3, 0.4) is 0 Å². The second-order valence-electron chi connectivity index (χ2n) is 7.95. The van der Waals surface area contributed by atoms with Crippen molar-refractivity contribution in [2.45, 2.75) is 37.0 Å². The van der Waals surface area contributed by atoms with Gasteiger partial charge in [-0.1, -0.05) is 19.3 Å². The number of nitrogens with one attached hydrogen (secondary N) is 3. The number of nitrogens with two attached hydrogens (primary N) is 3. The molecule has 1 aliphatic rings. The van der Waals surface area contributed by atoms with E-state index in [4.69, 9.17) is 16.6 Å². The molecule has 1 aromatic heterocycles. The summed E-state index contributed by atoms with van der Waals surface area (Å²) in [5.74, 6) is -0.648. The molecule has 9 N–H and O–H groups in total. The molecule has 34 heavy (non-hydrogen) atoms. The lowest BCUT2D eigenvalue weighted by Gasteiger charge is -2.24. The molecule has 1 aromatic carbocycles. The average molecular weight is 497 g/mol. The number of aromatic nitrogens is 1. The third kappa shape index (κ3) is 10.9. The zero-order valence-electron chi connectivity index (χ0n) is 19.9. The summed E-state index contributed by atoms with van der Waals surface area (Å²) in [6.45, 7) is 4.23. The number of nitrogens with zero attached hydrogens (tertiary/aromatic N) is 2. The normalized spacial score (nSPS) is 14.9. The quantitative estimate of drug-likeness (QED) is 0.207. The van der Waals surface area contributed by atoms with Crippen LogP contribution in [0.5, 0.6) is 0 Å². The number of halogens is 1. The van der Waals surface area contributed by atoms with Crippen molar-refractivity contribution in [3.05, 3.63) is 40.4 Å². The Labute approximate surface area is 202 Å². The van der Waals surface area contributed by atoms with Crippen LogP contribution < -0.4 is 27.9 Å². The summed E-state index contributed by atoms with van der Waals surface area (Å²) in [6, 6.07) is 3.94. The molecule has 12 heteroatoms. The van der Waals surface area contributed by atoms with Gasteiger partial charge in [-0.2, -0.15) is 0 Å². The minimum absolute atomic E-state index is 0.0806. The van der Waals surface area contributed by atoms with Crippen molar-refractivity contribution in [2.75, 3.05) is 32.4 Å². The van der Waals surface area contributed by atoms with Crippen molar-refractivity contribution in [2.24, 2.45) is 24.2 Å². The Bertz CT molecular complexity index is 987. The van der Waals surface area contributed by atoms with Gasteiger partial charge in [0, 0.05) is 20.1 Å². The second-order valence-corrected chi connectivity index (χ2v) is 9.30. The van der Waals surface area contributed by atoms with Gasteiger partial charge in [-0.05, 0) is 55.3 Å². The molecule has 1 aliphatic heterocycles. The number of hydrogen-bond acceptors (Lipinski definition) is 5. The maximum Gasteiger partial charge on any atom is 0.244 e. The van der Waals surface area contributed by atoms with Crippen LogP contribution in [-0.2, 0) is 18.2 Å². The summed E-state index contributed by atoms with van der Waals surface area (Å²) in [5, 5.41) is 16.3. The van der Waals surface area contributed by atoms with E-state index in [2.05, 4.69) is 21.7 Å². The molecule has 0 aliphatic carbocycles. The summed E-state index contributed by atoms with van der Waals surface area (Å²) in [6.07, 6.45) is 9.72. The van der Waals surface area contributed by atoms with E-state index in [0.717, 1.165) is 13.1 Å². The Morgan fingerprint density at radius 1 is 1.15 bits per heavy atom. The highest BCUT2D eigenvalue weighted by molar-refractivity contribution is 7.90. The van der Waals surface area contributed by atoms with Gasteiger partial charge in [0.15, 0.2) is 11.9 Å². The fourth-order valence-electron chi connectivity index (χ4n) is 3.52. The number of fused-ring (bicyclic) bond motifs is 1. The van der Waals surface area contributed by atoms with Gasteiger partial charge >= 0.3 is 0 Å². The van der Waals surface area contributed by atoms with E-state index >= 15 is 0 Å². The number of benzene rings is 1. The molecule has 0 bridgehead atoms. The van der Waals surface area contributed by atoms with Crippen LogP contribution in [0.15, 0.2) is 34.1 Å². The molecule has 1 atom stereocenters. The molecule has 2 aromatic rings. The Balaban J connectivity index is 0.000000297. The van der Waals surface area contributed by atoms with E-state index in [1.165, 1.54) is 75.8 Å². The number of likely N-dealkylation sites (tertiary alicyclic amines) is 1. The van der Waals surface area contributed by atoms with Gasteiger partial charge in [0.2, 0.25) is 10.3 Å². The zero-order valence-corrected chi connectivity index (χ0v) is 20.7. The van der Waals surface area contributed by atoms with Gasteiger partial charge < -0.3 is 36.5 Å². The van der Waals surface area contributed by atoms with Crippen LogP contribution in [0.1, 0.15) is 32.1 Å². The number of rotatable bonds is 4. The summed E-state index contributed by atoms with van der Waals surface area (Å²) in [4.78, 5) is 14.6. The lowest BCUT2D eigenvalue weighted by Crippen LogP contribution is -2.38. The Morgan fingerprint density at radius 3 is 2.24 bits per heavy atom. The Morgan fingerprint density at radius 2 is 1.71 bits per heavy atom. The van der Waals surface area contributed by atoms with Gasteiger partial charge in [-0.25, -0.2) is 4.39 Å². The van der Waals surface area contributed by atoms with E-state index in [1.54, 1.807) is 11.6 Å². The molecular formula is C22H37FN8O2S. The smallest absolute Gasteiger partial charge is 0.244 e. The third-order valence-electron chi connectivity index (χ3n) is 5.12.